The van der Waals surface area contributed by atoms with Crippen LogP contribution >= 0.6 is 0 Å². The van der Waals surface area contributed by atoms with Crippen molar-refractivity contribution >= 4 is 0 Å². The van der Waals surface area contributed by atoms with Gasteiger partial charge in [0.15, 0.2) is 0 Å². The van der Waals surface area contributed by atoms with Crippen LogP contribution < -0.4 is 0 Å². The standard InChI is InChI=1S/2C8H17.Nd/c2*1-4-6-7-8(3)5-2;/h2*8H,3-7H2,1-2H3;. The molecular weight excluding hydrogens is 336 g/mol. The monoisotopic (exact) mass is 368 g/mol. The molecule has 2 atom stereocenters. The van der Waals surface area contributed by atoms with Gasteiger partial charge in [-0.3, -0.25) is 0 Å². The number of unbranched alkanes of at least 4 members (excludes halogenated alkanes) is 2. The fourth-order valence-corrected chi connectivity index (χ4v) is 8.69. The van der Waals surface area contributed by atoms with Gasteiger partial charge in [0.05, 0.1) is 0 Å². The Morgan fingerprint density at radius 1 is 0.706 bits per heavy atom. The first-order valence-electron chi connectivity index (χ1n) is 7.99. The van der Waals surface area contributed by atoms with Crippen LogP contribution in [0.4, 0.5) is 0 Å². The molecule has 0 saturated heterocycles. The van der Waals surface area contributed by atoms with Crippen LogP contribution in [0.1, 0.15) is 79.1 Å². The zero-order chi connectivity index (χ0) is 12.9. The predicted molar refractivity (Wildman–Crippen MR) is 76.2 cm³/mol. The van der Waals surface area contributed by atoms with Gasteiger partial charge < -0.3 is 0 Å². The molecule has 0 aromatic heterocycles. The summed E-state index contributed by atoms with van der Waals surface area (Å²) in [6.07, 6.45) is 11.6. The Bertz CT molecular complexity index is 128. The average molecular weight is 371 g/mol. The van der Waals surface area contributed by atoms with Crippen LogP contribution in [0.5, 0.6) is 0 Å². The second-order valence-electron chi connectivity index (χ2n) is 5.49. The molecule has 0 aliphatic carbocycles. The van der Waals surface area contributed by atoms with E-state index in [0.29, 0.717) is 0 Å². The van der Waals surface area contributed by atoms with E-state index in [1.165, 1.54) is 51.4 Å². The van der Waals surface area contributed by atoms with E-state index in [1.54, 1.807) is 4.14 Å². The van der Waals surface area contributed by atoms with Crippen molar-refractivity contribution in [1.82, 2.24) is 0 Å². The van der Waals surface area contributed by atoms with Gasteiger partial charge in [0, 0.05) is 0 Å². The van der Waals surface area contributed by atoms with Gasteiger partial charge in [-0.1, -0.05) is 0 Å². The normalized spacial score (nSPS) is 14.6. The van der Waals surface area contributed by atoms with Crippen LogP contribution in [0.15, 0.2) is 0 Å². The molecule has 0 saturated carbocycles. The third kappa shape index (κ3) is 10.9. The van der Waals surface area contributed by atoms with Crippen LogP contribution in [0, 0.1) is 48.5 Å². The first kappa shape index (κ1) is 18.4. The van der Waals surface area contributed by atoms with E-state index in [0.717, 1.165) is 11.8 Å². The summed E-state index contributed by atoms with van der Waals surface area (Å²) in [5.41, 5.74) is 0. The fraction of sp³-hybridized carbons (Fsp3) is 1.00. The fourth-order valence-electron chi connectivity index (χ4n) is 2.38. The Labute approximate surface area is 130 Å². The summed E-state index contributed by atoms with van der Waals surface area (Å²) in [7, 11) is 0. The summed E-state index contributed by atoms with van der Waals surface area (Å²) in [5.74, 6) is 2.20. The molecule has 0 aromatic carbocycles. The third-order valence-corrected chi connectivity index (χ3v) is 9.51. The summed E-state index contributed by atoms with van der Waals surface area (Å²) in [4.78, 5) is 0. The molecule has 0 aromatic rings. The van der Waals surface area contributed by atoms with Crippen molar-refractivity contribution < 1.29 is 36.7 Å². The average Bonchev–Trinajstić information content (AvgIpc) is 2.37. The van der Waals surface area contributed by atoms with Crippen molar-refractivity contribution in [3.05, 3.63) is 0 Å². The molecule has 0 rings (SSSR count). The quantitative estimate of drug-likeness (QED) is 0.376. The molecule has 0 aliphatic rings. The molecule has 0 spiro atoms. The van der Waals surface area contributed by atoms with Gasteiger partial charge in [0.2, 0.25) is 0 Å². The summed E-state index contributed by atoms with van der Waals surface area (Å²) in [6, 6.07) is 0. The molecule has 0 bridgehead atoms. The van der Waals surface area contributed by atoms with Crippen LogP contribution in [0.2, 0.25) is 4.14 Å². The molecule has 0 aliphatic heterocycles. The SMILES string of the molecule is CCCCC(CC)[CH2][Nd][CH2]C(CC)CCCC. The number of rotatable bonds is 12. The van der Waals surface area contributed by atoms with Crippen molar-refractivity contribution in [3.8, 4) is 0 Å². The van der Waals surface area contributed by atoms with Gasteiger partial charge >= 0.3 is 132 Å². The Morgan fingerprint density at radius 3 is 1.41 bits per heavy atom. The van der Waals surface area contributed by atoms with Crippen LogP contribution in [-0.2, 0) is 0 Å². The second-order valence-corrected chi connectivity index (χ2v) is 9.71. The van der Waals surface area contributed by atoms with E-state index in [-0.39, 0.29) is 36.7 Å². The van der Waals surface area contributed by atoms with Gasteiger partial charge in [-0.15, -0.1) is 0 Å². The maximum absolute atomic E-state index is 2.40. The van der Waals surface area contributed by atoms with Crippen LogP contribution in [-0.4, -0.2) is 0 Å². The zero-order valence-corrected chi connectivity index (χ0v) is 15.9. The van der Waals surface area contributed by atoms with Gasteiger partial charge in [-0.2, -0.15) is 0 Å². The number of hydrogen-bond donors (Lipinski definition) is 0. The molecule has 1 heteroatoms. The minimum absolute atomic E-state index is 0.257. The topological polar surface area (TPSA) is 0 Å². The van der Waals surface area contributed by atoms with E-state index >= 15 is 0 Å². The molecule has 17 heavy (non-hydrogen) atoms. The minimum atomic E-state index is -0.257. The summed E-state index contributed by atoms with van der Waals surface area (Å²) in [6.45, 7) is 9.45. The van der Waals surface area contributed by atoms with Crippen molar-refractivity contribution in [2.45, 2.75) is 83.2 Å². The maximum atomic E-state index is 2.40. The molecule has 102 valence electrons. The molecular formula is C16H34Nd. The van der Waals surface area contributed by atoms with Crippen LogP contribution in [0.3, 0.4) is 0 Å². The van der Waals surface area contributed by atoms with Crippen molar-refractivity contribution in [1.29, 1.82) is 0 Å². The second kappa shape index (κ2) is 13.8. The molecule has 0 fully saturated rings. The number of hydrogen-bond acceptors (Lipinski definition) is 0. The Hall–Kier alpha value is 1.35. The van der Waals surface area contributed by atoms with Crippen molar-refractivity contribution in [2.75, 3.05) is 0 Å². The van der Waals surface area contributed by atoms with E-state index in [4.69, 9.17) is 0 Å². The molecule has 0 amide bonds. The predicted octanol–water partition coefficient (Wildman–Crippen LogP) is 6.34. The van der Waals surface area contributed by atoms with Gasteiger partial charge in [0.1, 0.15) is 0 Å². The van der Waals surface area contributed by atoms with Gasteiger partial charge in [-0.25, -0.2) is 0 Å². The Kier molecular flexibility index (Phi) is 14.9. The van der Waals surface area contributed by atoms with E-state index in [9.17, 15) is 0 Å². The van der Waals surface area contributed by atoms with Gasteiger partial charge in [-0.05, 0) is 0 Å². The van der Waals surface area contributed by atoms with Gasteiger partial charge in [0.25, 0.3) is 0 Å². The van der Waals surface area contributed by atoms with E-state index in [2.05, 4.69) is 27.7 Å². The first-order valence-corrected chi connectivity index (χ1v) is 12.5. The molecule has 0 N–H and O–H groups in total. The van der Waals surface area contributed by atoms with Crippen molar-refractivity contribution in [2.24, 2.45) is 11.8 Å². The van der Waals surface area contributed by atoms with E-state index < -0.39 is 0 Å². The first-order chi connectivity index (χ1) is 8.28. The van der Waals surface area contributed by atoms with Crippen molar-refractivity contribution in [3.63, 3.8) is 0 Å². The Balaban J connectivity index is 3.61. The Morgan fingerprint density at radius 2 is 1.12 bits per heavy atom. The third-order valence-electron chi connectivity index (χ3n) is 3.95. The summed E-state index contributed by atoms with van der Waals surface area (Å²) < 4.78 is 3.36. The molecule has 0 radical (unpaired) electrons. The zero-order valence-electron chi connectivity index (χ0n) is 12.7. The molecule has 0 nitrogen and oxygen atoms in total. The summed E-state index contributed by atoms with van der Waals surface area (Å²) in [5, 5.41) is 0. The van der Waals surface area contributed by atoms with Crippen LogP contribution in [0.25, 0.3) is 0 Å². The molecule has 0 heterocycles. The summed E-state index contributed by atoms with van der Waals surface area (Å²) >= 11 is -0.257. The van der Waals surface area contributed by atoms with E-state index in [1.807, 2.05) is 0 Å². The molecule has 2 unspecified atom stereocenters.